The minimum Gasteiger partial charge on any atom is -0.497 e. The molecule has 6 fully saturated rings. The third kappa shape index (κ3) is 24.2. The van der Waals surface area contributed by atoms with Crippen molar-refractivity contribution in [3.63, 3.8) is 0 Å². The third-order valence-electron chi connectivity index (χ3n) is 29.6. The maximum absolute atomic E-state index is 14.3. The van der Waals surface area contributed by atoms with Crippen molar-refractivity contribution in [1.29, 1.82) is 0 Å². The first-order valence-electron chi connectivity index (χ1n) is 48.3. The number of benzene rings is 8. The molecule has 760 valence electrons. The molecule has 8 aliphatic heterocycles. The van der Waals surface area contributed by atoms with Gasteiger partial charge in [0.05, 0.1) is 75.1 Å². The van der Waals surface area contributed by atoms with E-state index in [0.717, 1.165) is 217 Å². The Kier molecular flexibility index (Phi) is 31.9. The van der Waals surface area contributed by atoms with E-state index >= 15 is 0 Å². The number of likely N-dealkylation sites (tertiary alicyclic amines) is 4. The Balaban J connectivity index is 0.000000143. The lowest BCUT2D eigenvalue weighted by Crippen LogP contribution is -2.50. The second-order valence-corrected chi connectivity index (χ2v) is 46.6. The van der Waals surface area contributed by atoms with Crippen molar-refractivity contribution in [3.8, 4) is 46.0 Å². The molecule has 8 aromatic rings. The Morgan fingerprint density at radius 1 is 0.373 bits per heavy atom. The van der Waals surface area contributed by atoms with E-state index in [-0.39, 0.29) is 29.4 Å². The van der Waals surface area contributed by atoms with Gasteiger partial charge in [-0.25, -0.2) is 42.5 Å². The summed E-state index contributed by atoms with van der Waals surface area (Å²) in [4.78, 5) is 59.9. The molecule has 4 saturated heterocycles. The number of nitrogens with zero attached hydrogens (tertiary/aromatic N) is 4. The fourth-order valence-corrected chi connectivity index (χ4v) is 23.5. The zero-order valence-corrected chi connectivity index (χ0v) is 86.6. The van der Waals surface area contributed by atoms with Crippen LogP contribution in [0.2, 0.25) is 0 Å². The number of piperidine rings is 4. The summed E-state index contributed by atoms with van der Waals surface area (Å²) in [6, 6.07) is 49.7. The second kappa shape index (κ2) is 43.2. The predicted octanol–water partition coefficient (Wildman–Crippen LogP) is 15.4. The molecule has 142 heavy (non-hydrogen) atoms. The highest BCUT2D eigenvalue weighted by Gasteiger charge is 2.65. The average molecular weight is 2030 g/mol. The van der Waals surface area contributed by atoms with Crippen LogP contribution in [0.1, 0.15) is 185 Å². The number of rotatable bonds is 22. The Morgan fingerprint density at radius 2 is 0.676 bits per heavy atom. The summed E-state index contributed by atoms with van der Waals surface area (Å²) in [6.45, 7) is 21.4. The van der Waals surface area contributed by atoms with Gasteiger partial charge in [0.15, 0.2) is 0 Å². The Bertz CT molecular complexity index is 6390. The van der Waals surface area contributed by atoms with Crippen molar-refractivity contribution in [2.75, 3.05) is 132 Å². The lowest BCUT2D eigenvalue weighted by molar-refractivity contribution is -0.131. The van der Waals surface area contributed by atoms with Crippen LogP contribution in [0.5, 0.6) is 46.0 Å². The van der Waals surface area contributed by atoms with Gasteiger partial charge in [-0.3, -0.25) is 38.1 Å². The second-order valence-electron chi connectivity index (χ2n) is 39.6. The normalized spacial score (nSPS) is 19.5. The van der Waals surface area contributed by atoms with E-state index in [0.29, 0.717) is 103 Å². The van der Waals surface area contributed by atoms with Gasteiger partial charge in [-0.05, 0) is 244 Å². The van der Waals surface area contributed by atoms with E-state index in [4.69, 9.17) is 37.9 Å². The molecular formula is C108H130F2N8O20S4. The molecule has 0 radical (unpaired) electrons. The number of methoxy groups -OCH3 is 4. The molecule has 8 aromatic carbocycles. The lowest BCUT2D eigenvalue weighted by Gasteiger charge is -2.38. The summed E-state index contributed by atoms with van der Waals surface area (Å²) in [5, 5.41) is 0. The molecule has 4 N–H and O–H groups in total. The smallest absolute Gasteiger partial charge is 0.241 e. The average Bonchev–Trinajstić information content (AvgIpc) is 1.55. The van der Waals surface area contributed by atoms with E-state index in [2.05, 4.69) is 68.8 Å². The summed E-state index contributed by atoms with van der Waals surface area (Å²) in [5.41, 5.74) is 19.0. The number of sulfonamides is 4. The number of carbonyl (C=O) groups is 4. The van der Waals surface area contributed by atoms with E-state index < -0.39 is 79.5 Å². The number of fused-ring (bicyclic) bond motifs is 8. The Morgan fingerprint density at radius 3 is 1.00 bits per heavy atom. The number of para-hydroxylation sites is 2. The monoisotopic (exact) mass is 2020 g/mol. The molecule has 0 spiro atoms. The maximum atomic E-state index is 14.3. The van der Waals surface area contributed by atoms with Crippen LogP contribution in [-0.4, -0.2) is 209 Å². The minimum absolute atomic E-state index is 0.145. The number of amides is 4. The van der Waals surface area contributed by atoms with Gasteiger partial charge in [0.25, 0.3) is 0 Å². The largest absolute Gasteiger partial charge is 0.497 e. The third-order valence-corrected chi connectivity index (χ3v) is 31.8. The van der Waals surface area contributed by atoms with Gasteiger partial charge in [0, 0.05) is 123 Å². The van der Waals surface area contributed by atoms with Gasteiger partial charge in [-0.1, -0.05) is 111 Å². The predicted molar refractivity (Wildman–Crippen MR) is 543 cm³/mol. The molecule has 8 heterocycles. The molecule has 0 bridgehead atoms. The fraction of sp³-hybridized carbons (Fsp3) is 0.444. The number of halogens is 2. The molecule has 18 rings (SSSR count). The first-order valence-corrected chi connectivity index (χ1v) is 55.9. The lowest BCUT2D eigenvalue weighted by atomic mass is 9.80. The van der Waals surface area contributed by atoms with Gasteiger partial charge in [0.2, 0.25) is 63.7 Å². The van der Waals surface area contributed by atoms with Gasteiger partial charge in [-0.15, -0.1) is 0 Å². The summed E-state index contributed by atoms with van der Waals surface area (Å²) in [6.07, 6.45) is 13.1. The number of hydrogen-bond acceptors (Lipinski definition) is 24. The van der Waals surface area contributed by atoms with Gasteiger partial charge < -0.3 is 57.5 Å². The van der Waals surface area contributed by atoms with Crippen LogP contribution in [0.25, 0.3) is 22.3 Å². The van der Waals surface area contributed by atoms with Crippen LogP contribution < -0.4 is 56.8 Å². The summed E-state index contributed by atoms with van der Waals surface area (Å²) >= 11 is 0. The fourth-order valence-electron chi connectivity index (χ4n) is 21.2. The Hall–Kier alpha value is -11.5. The van der Waals surface area contributed by atoms with Crippen molar-refractivity contribution < 1.29 is 99.5 Å². The zero-order chi connectivity index (χ0) is 102. The highest BCUT2D eigenvalue weighted by Crippen LogP contribution is 2.60. The summed E-state index contributed by atoms with van der Waals surface area (Å²) < 4.78 is 177. The molecule has 2 unspecified atom stereocenters. The van der Waals surface area contributed by atoms with Crippen LogP contribution in [0.15, 0.2) is 180 Å². The molecule has 10 aliphatic rings. The number of nitrogens with one attached hydrogen (secondary N) is 4. The van der Waals surface area contributed by atoms with Crippen molar-refractivity contribution >= 4 is 86.0 Å². The van der Waals surface area contributed by atoms with Gasteiger partial charge >= 0.3 is 0 Å². The molecule has 2 atom stereocenters. The highest BCUT2D eigenvalue weighted by molar-refractivity contribution is 7.90. The molecule has 4 amide bonds. The zero-order valence-electron chi connectivity index (χ0n) is 83.3. The maximum Gasteiger partial charge on any atom is 0.241 e. The molecule has 2 saturated carbocycles. The van der Waals surface area contributed by atoms with Crippen LogP contribution >= 0.6 is 0 Å². The highest BCUT2D eigenvalue weighted by atomic mass is 32.2. The van der Waals surface area contributed by atoms with Crippen LogP contribution in [0.3, 0.4) is 0 Å². The molecule has 34 heteroatoms. The van der Waals surface area contributed by atoms with Crippen LogP contribution in [0.4, 0.5) is 8.78 Å². The first kappa shape index (κ1) is 105. The first-order chi connectivity index (χ1) is 67.5. The number of hydrogen-bond donors (Lipinski definition) is 4. The molecule has 0 aromatic heterocycles. The van der Waals surface area contributed by atoms with Crippen molar-refractivity contribution in [1.82, 2.24) is 38.5 Å². The summed E-state index contributed by atoms with van der Waals surface area (Å²) in [5.74, 6) is 4.12. The van der Waals surface area contributed by atoms with E-state index in [9.17, 15) is 61.6 Å². The minimum atomic E-state index is -3.62. The van der Waals surface area contributed by atoms with Crippen molar-refractivity contribution in [3.05, 3.63) is 258 Å². The Labute approximate surface area is 833 Å². The van der Waals surface area contributed by atoms with Gasteiger partial charge in [-0.2, -0.15) is 0 Å². The molecule has 28 nitrogen and oxygen atoms in total. The molecular weight excluding hydrogens is 1900 g/mol. The van der Waals surface area contributed by atoms with Crippen LogP contribution in [0, 0.1) is 45.1 Å². The number of ether oxygens (including phenoxy) is 8. The molecule has 2 aliphatic carbocycles. The van der Waals surface area contributed by atoms with E-state index in [1.165, 1.54) is 68.8 Å². The van der Waals surface area contributed by atoms with Crippen LogP contribution in [-0.2, 0) is 85.7 Å². The topological polar surface area (TPSA) is 340 Å². The van der Waals surface area contributed by atoms with E-state index in [1.807, 2.05) is 119 Å². The van der Waals surface area contributed by atoms with E-state index in [1.54, 1.807) is 54.4 Å². The SMILES string of the molecule is CCC(CC)(CN1CCC(=C2c3ccc(OC)cc3COc3ccccc32)CC1)C(=O)NS(C)(=O)=O.COc1ccc2c(c1)COc1ccc(F)cc1C2=C1CCN(CC(C)(C)C(=O)NS(C)(=O)=O)CC1.COc1ccc2c(c1)COc1ccc(F)cc1C2=C1CCN(CC2(C(=O)NS(C)(=O)=O)CC2)CC1.COc1ccc2c(c1)COc1ccccc1C2=C1CCN(CC2(C(=O)NS(C)(=O)=O)C(C)C2C)CC1. The standard InChI is InChI=1S/C28H34N2O5S.C28H36N2O5S.C26H29FN2O5S.C26H31FN2O5S/c1-18-19(2)28(18,27(31)29-36(4,32)33)17-30-13-11-20(12-14-30)26-23-10-9-22(34-3)15-21(23)16-35-25-8-6-5-7-24(25)26;1-5-28(6-2,27(31)29-36(4,32)33)19-30-15-13-20(14-16-30)26-23-12-11-22(34-3)17-21(23)18-35-25-10-8-7-9-24(25)26;1-33-20-4-5-21-18(13-20)15-34-23-6-3-19(27)14-22(23)24(21)17-7-11-29(12-8-17)16-26(9-10-26)25(30)28-35(2,31)32;1-26(2,25(30)28-35(4,31)32)16-29-11-9-17(10-12-29)24-21-7-6-20(33-3)13-18(21)15-34-23-8-5-19(27)14-22(23)24/h5-10,15,18-19H,11-14,16-17H2,1-4H3,(H,29,31);7-12,17H,5-6,13-16,18-19H2,1-4H3,(H,29,31);3-6,13-14H,7-12,15-16H2,1-2H3,(H,28,30);5-8,13-14H,9-12,15-16H2,1-4H3,(H,28,30). The van der Waals surface area contributed by atoms with Crippen molar-refractivity contribution in [2.24, 2.45) is 33.5 Å². The van der Waals surface area contributed by atoms with Crippen molar-refractivity contribution in [2.45, 2.75) is 145 Å². The number of carbonyl (C=O) groups excluding carboxylic acids is 4. The summed E-state index contributed by atoms with van der Waals surface area (Å²) in [7, 11) is -7.79. The van der Waals surface area contributed by atoms with Gasteiger partial charge in [0.1, 0.15) is 84.1 Å². The quantitative estimate of drug-likeness (QED) is 0.0490.